The zero-order valence-electron chi connectivity index (χ0n) is 23.4. The summed E-state index contributed by atoms with van der Waals surface area (Å²) in [5.41, 5.74) is 0.133. The standard InChI is InChI=1S/C22H26F5N3O2S.C5H7N3O/c1-14(5-3-4-8-21(2,23)24)29-19(31)18-7-6-16(33-18)13-30-9-10-32-20-17(30)11-15(12-28-20)22(25,26)27;1-8-3-5(2-7-8)6-4-9/h6-7,11-12,14H,3-5,8-10,13H2,1-2H3,(H,29,31);2-4H,1H3,(H,6,9)/t14-;/m1./s1. The maximum absolute atomic E-state index is 13.1. The number of unbranched alkanes of at least 4 members (excludes halogenated alkanes) is 1. The van der Waals surface area contributed by atoms with Crippen molar-refractivity contribution in [3.8, 4) is 5.88 Å². The Morgan fingerprint density at radius 3 is 2.62 bits per heavy atom. The molecule has 0 spiro atoms. The SMILES string of the molecule is C[C@H](CCCCC(C)(F)F)NC(=O)c1ccc(CN2CCOc3ncc(C(F)(F)F)cc32)s1.Cn1cc(NC=O)cn1. The van der Waals surface area contributed by atoms with Crippen molar-refractivity contribution in [3.63, 3.8) is 0 Å². The molecule has 2 N–H and O–H groups in total. The molecule has 0 aliphatic carbocycles. The number of hydrogen-bond acceptors (Lipinski definition) is 7. The van der Waals surface area contributed by atoms with E-state index in [1.807, 2.05) is 6.92 Å². The van der Waals surface area contributed by atoms with Crippen LogP contribution in [0.2, 0.25) is 0 Å². The van der Waals surface area contributed by atoms with E-state index in [4.69, 9.17) is 4.74 Å². The van der Waals surface area contributed by atoms with Crippen LogP contribution in [0.1, 0.15) is 59.6 Å². The lowest BCUT2D eigenvalue weighted by Crippen LogP contribution is -2.33. The van der Waals surface area contributed by atoms with Gasteiger partial charge >= 0.3 is 6.18 Å². The number of halogens is 5. The van der Waals surface area contributed by atoms with Crippen LogP contribution in [0, 0.1) is 0 Å². The molecule has 0 fully saturated rings. The lowest BCUT2D eigenvalue weighted by Gasteiger charge is -2.30. The Kier molecular flexibility index (Phi) is 11.3. The molecule has 0 aromatic carbocycles. The van der Waals surface area contributed by atoms with Gasteiger partial charge in [0, 0.05) is 36.8 Å². The summed E-state index contributed by atoms with van der Waals surface area (Å²) < 4.78 is 72.0. The van der Waals surface area contributed by atoms with Gasteiger partial charge in [-0.05, 0) is 44.9 Å². The van der Waals surface area contributed by atoms with E-state index in [1.54, 1.807) is 41.2 Å². The third kappa shape index (κ3) is 10.3. The van der Waals surface area contributed by atoms with Crippen molar-refractivity contribution in [3.05, 3.63) is 52.1 Å². The number of alkyl halides is 5. The molecule has 4 rings (SSSR count). The lowest BCUT2D eigenvalue weighted by molar-refractivity contribution is -0.137. The van der Waals surface area contributed by atoms with Gasteiger partial charge in [0.25, 0.3) is 5.91 Å². The van der Waals surface area contributed by atoms with Gasteiger partial charge in [0.2, 0.25) is 18.2 Å². The number of nitrogens with one attached hydrogen (secondary N) is 2. The van der Waals surface area contributed by atoms with Gasteiger partial charge < -0.3 is 20.3 Å². The van der Waals surface area contributed by atoms with E-state index in [1.165, 1.54) is 11.3 Å². The molecule has 1 aliphatic rings. The highest BCUT2D eigenvalue weighted by Crippen LogP contribution is 2.37. The molecule has 4 heterocycles. The molecule has 0 saturated heterocycles. The maximum atomic E-state index is 13.1. The molecule has 0 saturated carbocycles. The molecular weight excluding hydrogens is 583 g/mol. The molecule has 3 aromatic rings. The number of thiophene rings is 1. The number of aromatic nitrogens is 3. The third-order valence-electron chi connectivity index (χ3n) is 6.14. The number of pyridine rings is 1. The van der Waals surface area contributed by atoms with Crippen molar-refractivity contribution in [2.75, 3.05) is 23.4 Å². The summed E-state index contributed by atoms with van der Waals surface area (Å²) in [6.45, 7) is 3.73. The number of carbonyl (C=O) groups excluding carboxylic acids is 2. The van der Waals surface area contributed by atoms with E-state index >= 15 is 0 Å². The van der Waals surface area contributed by atoms with Crippen LogP contribution >= 0.6 is 11.3 Å². The quantitative estimate of drug-likeness (QED) is 0.159. The van der Waals surface area contributed by atoms with Gasteiger partial charge in [-0.15, -0.1) is 11.3 Å². The van der Waals surface area contributed by atoms with Crippen molar-refractivity contribution >= 4 is 35.0 Å². The normalized spacial score (nSPS) is 13.8. The summed E-state index contributed by atoms with van der Waals surface area (Å²) in [4.78, 5) is 29.2. The van der Waals surface area contributed by atoms with Gasteiger partial charge in [0.05, 0.1) is 35.4 Å². The number of fused-ring (bicyclic) bond motifs is 1. The van der Waals surface area contributed by atoms with Gasteiger partial charge in [-0.2, -0.15) is 18.3 Å². The highest BCUT2D eigenvalue weighted by molar-refractivity contribution is 7.14. The molecule has 15 heteroatoms. The van der Waals surface area contributed by atoms with Crippen LogP contribution in [0.4, 0.5) is 33.3 Å². The van der Waals surface area contributed by atoms with E-state index in [2.05, 4.69) is 20.7 Å². The summed E-state index contributed by atoms with van der Waals surface area (Å²) in [5, 5.41) is 9.16. The van der Waals surface area contributed by atoms with E-state index in [-0.39, 0.29) is 29.9 Å². The molecule has 3 aromatic heterocycles. The predicted molar refractivity (Wildman–Crippen MR) is 149 cm³/mol. The van der Waals surface area contributed by atoms with Crippen molar-refractivity contribution in [1.29, 1.82) is 0 Å². The van der Waals surface area contributed by atoms with Crippen LogP contribution in [0.3, 0.4) is 0 Å². The lowest BCUT2D eigenvalue weighted by atomic mass is 10.1. The molecule has 1 aliphatic heterocycles. The molecular formula is C27H33F5N6O3S. The first-order valence-corrected chi connectivity index (χ1v) is 14.0. The zero-order chi connectivity index (χ0) is 30.9. The number of amides is 2. The zero-order valence-corrected chi connectivity index (χ0v) is 24.2. The van der Waals surface area contributed by atoms with Gasteiger partial charge in [-0.3, -0.25) is 14.3 Å². The number of carbonyl (C=O) groups is 2. The van der Waals surface area contributed by atoms with E-state index in [0.717, 1.165) is 24.1 Å². The minimum atomic E-state index is -4.51. The summed E-state index contributed by atoms with van der Waals surface area (Å²) in [6, 6.07) is 4.31. The Hall–Kier alpha value is -3.75. The molecule has 0 unspecified atom stereocenters. The highest BCUT2D eigenvalue weighted by atomic mass is 32.1. The van der Waals surface area contributed by atoms with Crippen molar-refractivity contribution in [1.82, 2.24) is 20.1 Å². The van der Waals surface area contributed by atoms with Crippen LogP contribution in [-0.2, 0) is 24.6 Å². The first-order chi connectivity index (χ1) is 19.7. The first-order valence-electron chi connectivity index (χ1n) is 13.2. The average Bonchev–Trinajstić information content (AvgIpc) is 3.55. The highest BCUT2D eigenvalue weighted by Gasteiger charge is 2.33. The summed E-state index contributed by atoms with van der Waals surface area (Å²) in [7, 11) is 1.79. The average molecular weight is 617 g/mol. The fourth-order valence-corrected chi connectivity index (χ4v) is 4.99. The first kappa shape index (κ1) is 32.8. The van der Waals surface area contributed by atoms with E-state index < -0.39 is 17.7 Å². The molecule has 1 atom stereocenters. The molecule has 42 heavy (non-hydrogen) atoms. The van der Waals surface area contributed by atoms with Crippen LogP contribution in [-0.4, -0.2) is 52.2 Å². The molecule has 9 nitrogen and oxygen atoms in total. The monoisotopic (exact) mass is 616 g/mol. The Labute approximate surface area is 244 Å². The third-order valence-corrected chi connectivity index (χ3v) is 7.21. The number of nitrogens with zero attached hydrogens (tertiary/aromatic N) is 4. The fraction of sp³-hybridized carbons (Fsp3) is 0.481. The second kappa shape index (κ2) is 14.4. The van der Waals surface area contributed by atoms with Crippen LogP contribution < -0.4 is 20.3 Å². The molecule has 2 amide bonds. The smallest absolute Gasteiger partial charge is 0.417 e. The number of aryl methyl sites for hydroxylation is 1. The van der Waals surface area contributed by atoms with Gasteiger partial charge in [0.1, 0.15) is 12.3 Å². The summed E-state index contributed by atoms with van der Waals surface area (Å²) in [6.07, 6.45) is 1.56. The summed E-state index contributed by atoms with van der Waals surface area (Å²) >= 11 is 1.26. The second-order valence-corrected chi connectivity index (χ2v) is 11.1. The fourth-order valence-electron chi connectivity index (χ4n) is 4.06. The number of anilines is 2. The minimum absolute atomic E-state index is 0.151. The van der Waals surface area contributed by atoms with Gasteiger partial charge in [0.15, 0.2) is 0 Å². The van der Waals surface area contributed by atoms with Crippen molar-refractivity contribution in [2.24, 2.45) is 7.05 Å². The Morgan fingerprint density at radius 1 is 1.21 bits per heavy atom. The Morgan fingerprint density at radius 2 is 1.98 bits per heavy atom. The van der Waals surface area contributed by atoms with E-state index in [9.17, 15) is 31.5 Å². The number of ether oxygens (including phenoxy) is 1. The van der Waals surface area contributed by atoms with E-state index in [0.29, 0.717) is 55.9 Å². The number of rotatable bonds is 11. The topological polar surface area (TPSA) is 101 Å². The van der Waals surface area contributed by atoms with Crippen molar-refractivity contribution in [2.45, 2.75) is 64.2 Å². The summed E-state index contributed by atoms with van der Waals surface area (Å²) in [5.74, 6) is -2.79. The van der Waals surface area contributed by atoms with Crippen LogP contribution in [0.5, 0.6) is 5.88 Å². The predicted octanol–water partition coefficient (Wildman–Crippen LogP) is 5.88. The minimum Gasteiger partial charge on any atom is -0.474 e. The Bertz CT molecular complexity index is 1320. The van der Waals surface area contributed by atoms with Gasteiger partial charge in [-0.25, -0.2) is 13.8 Å². The maximum Gasteiger partial charge on any atom is 0.417 e. The van der Waals surface area contributed by atoms with Crippen LogP contribution in [0.15, 0.2) is 36.8 Å². The van der Waals surface area contributed by atoms with Crippen LogP contribution in [0.25, 0.3) is 0 Å². The Balaban J connectivity index is 0.000000458. The van der Waals surface area contributed by atoms with Crippen molar-refractivity contribution < 1.29 is 36.3 Å². The largest absolute Gasteiger partial charge is 0.474 e. The molecule has 0 bridgehead atoms. The van der Waals surface area contributed by atoms with Gasteiger partial charge in [-0.1, -0.05) is 6.42 Å². The molecule has 0 radical (unpaired) electrons. The molecule has 230 valence electrons. The number of hydrogen-bond donors (Lipinski definition) is 2. The second-order valence-electron chi connectivity index (χ2n) is 9.94.